The zero-order valence-corrected chi connectivity index (χ0v) is 18.5. The Morgan fingerprint density at radius 3 is 2.19 bits per heavy atom. The van der Waals surface area contributed by atoms with Gasteiger partial charge in [-0.1, -0.05) is 13.8 Å². The van der Waals surface area contributed by atoms with Crippen LogP contribution in [0.3, 0.4) is 0 Å². The van der Waals surface area contributed by atoms with Gasteiger partial charge >= 0.3 is 5.97 Å². The van der Waals surface area contributed by atoms with E-state index in [0.29, 0.717) is 25.8 Å². The minimum absolute atomic E-state index is 0.234. The van der Waals surface area contributed by atoms with Gasteiger partial charge in [-0.15, -0.1) is 0 Å². The summed E-state index contributed by atoms with van der Waals surface area (Å²) >= 11 is 0. The summed E-state index contributed by atoms with van der Waals surface area (Å²) in [7, 11) is 0. The highest BCUT2D eigenvalue weighted by Gasteiger charge is 2.33. The van der Waals surface area contributed by atoms with Crippen molar-refractivity contribution < 1.29 is 29.4 Å². The Morgan fingerprint density at radius 2 is 1.71 bits per heavy atom. The predicted octanol–water partition coefficient (Wildman–Crippen LogP) is -1.56. The number of aliphatic hydroxyl groups excluding tert-OH is 1. The molecule has 8 N–H and O–H groups in total. The Labute approximate surface area is 182 Å². The average Bonchev–Trinajstić information content (AvgIpc) is 3.23. The molecule has 0 bridgehead atoms. The number of aliphatic hydroxyl groups is 1. The van der Waals surface area contributed by atoms with Gasteiger partial charge < -0.3 is 37.2 Å². The predicted molar refractivity (Wildman–Crippen MR) is 114 cm³/mol. The highest BCUT2D eigenvalue weighted by atomic mass is 16.4. The maximum Gasteiger partial charge on any atom is 0.328 e. The minimum Gasteiger partial charge on any atom is -0.480 e. The quantitative estimate of drug-likeness (QED) is 0.167. The average molecular weight is 444 g/mol. The summed E-state index contributed by atoms with van der Waals surface area (Å²) in [4.78, 5) is 49.4. The third-order valence-corrected chi connectivity index (χ3v) is 5.25. The van der Waals surface area contributed by atoms with Crippen molar-refractivity contribution in [3.05, 3.63) is 0 Å². The number of carbonyl (C=O) groups is 4. The third-order valence-electron chi connectivity index (χ3n) is 5.25. The SMILES string of the molecule is CC(C)C(NC(=O)C1CCCN1)C(=O)NC(CCCCN)C(=O)NC(C(=O)O)C(C)O. The molecule has 1 aliphatic rings. The fourth-order valence-corrected chi connectivity index (χ4v) is 3.36. The first-order valence-corrected chi connectivity index (χ1v) is 10.8. The van der Waals surface area contributed by atoms with E-state index in [0.717, 1.165) is 13.0 Å². The number of carbonyl (C=O) groups excluding carboxylic acids is 3. The van der Waals surface area contributed by atoms with Crippen LogP contribution in [0.2, 0.25) is 0 Å². The Kier molecular flexibility index (Phi) is 11.4. The molecule has 0 aliphatic carbocycles. The second kappa shape index (κ2) is 13.2. The van der Waals surface area contributed by atoms with Gasteiger partial charge in [-0.25, -0.2) is 4.79 Å². The van der Waals surface area contributed by atoms with Crippen LogP contribution in [0.1, 0.15) is 52.9 Å². The lowest BCUT2D eigenvalue weighted by Crippen LogP contribution is -2.59. The molecule has 5 atom stereocenters. The van der Waals surface area contributed by atoms with Crippen LogP contribution in [0.25, 0.3) is 0 Å². The standard InChI is InChI=1S/C20H37N5O6/c1-11(2)15(24-17(27)13-8-6-10-22-13)19(29)23-14(7-4-5-9-21)18(28)25-16(12(3)26)20(30)31/h11-16,22,26H,4-10,21H2,1-3H3,(H,23,29)(H,24,27)(H,25,28)(H,30,31). The van der Waals surface area contributed by atoms with Crippen molar-refractivity contribution in [1.29, 1.82) is 0 Å². The Bertz CT molecular complexity index is 621. The molecule has 1 rings (SSSR count). The molecule has 1 heterocycles. The lowest BCUT2D eigenvalue weighted by atomic mass is 10.0. The molecule has 11 nitrogen and oxygen atoms in total. The van der Waals surface area contributed by atoms with Gasteiger partial charge in [-0.05, 0) is 58.0 Å². The van der Waals surface area contributed by atoms with Gasteiger partial charge in [0.05, 0.1) is 12.1 Å². The van der Waals surface area contributed by atoms with E-state index in [2.05, 4.69) is 21.3 Å². The molecule has 178 valence electrons. The van der Waals surface area contributed by atoms with Crippen molar-refractivity contribution in [1.82, 2.24) is 21.3 Å². The van der Waals surface area contributed by atoms with Gasteiger partial charge in [0, 0.05) is 0 Å². The molecule has 0 aromatic heterocycles. The smallest absolute Gasteiger partial charge is 0.328 e. The van der Waals surface area contributed by atoms with Crippen molar-refractivity contribution >= 4 is 23.7 Å². The molecule has 11 heteroatoms. The van der Waals surface area contributed by atoms with Crippen molar-refractivity contribution in [3.8, 4) is 0 Å². The van der Waals surface area contributed by atoms with Gasteiger partial charge in [0.25, 0.3) is 0 Å². The molecule has 0 spiro atoms. The number of carboxylic acids is 1. The zero-order chi connectivity index (χ0) is 23.6. The van der Waals surface area contributed by atoms with Crippen LogP contribution in [0, 0.1) is 5.92 Å². The Balaban J connectivity index is 2.88. The number of hydrogen-bond acceptors (Lipinski definition) is 7. The van der Waals surface area contributed by atoms with Gasteiger partial charge in [0.15, 0.2) is 6.04 Å². The van der Waals surface area contributed by atoms with Crippen LogP contribution in [-0.2, 0) is 19.2 Å². The summed E-state index contributed by atoms with van der Waals surface area (Å²) in [5.74, 6) is -3.13. The van der Waals surface area contributed by atoms with E-state index in [4.69, 9.17) is 5.73 Å². The third kappa shape index (κ3) is 8.80. The highest BCUT2D eigenvalue weighted by Crippen LogP contribution is 2.09. The largest absolute Gasteiger partial charge is 0.480 e. The van der Waals surface area contributed by atoms with Crippen molar-refractivity contribution in [2.45, 2.75) is 83.1 Å². The van der Waals surface area contributed by atoms with Crippen LogP contribution in [0.4, 0.5) is 0 Å². The van der Waals surface area contributed by atoms with E-state index >= 15 is 0 Å². The molecule has 3 amide bonds. The van der Waals surface area contributed by atoms with E-state index < -0.39 is 42.0 Å². The molecule has 31 heavy (non-hydrogen) atoms. The molecule has 1 fully saturated rings. The van der Waals surface area contributed by atoms with E-state index in [1.165, 1.54) is 6.92 Å². The van der Waals surface area contributed by atoms with Crippen LogP contribution in [0.5, 0.6) is 0 Å². The van der Waals surface area contributed by atoms with E-state index in [-0.39, 0.29) is 24.3 Å². The summed E-state index contributed by atoms with van der Waals surface area (Å²) in [5, 5.41) is 29.6. The second-order valence-electron chi connectivity index (χ2n) is 8.29. The summed E-state index contributed by atoms with van der Waals surface area (Å²) < 4.78 is 0. The monoisotopic (exact) mass is 443 g/mol. The van der Waals surface area contributed by atoms with Gasteiger partial charge in [-0.2, -0.15) is 0 Å². The summed E-state index contributed by atoms with van der Waals surface area (Å²) in [6, 6.07) is -3.73. The maximum absolute atomic E-state index is 12.9. The van der Waals surface area contributed by atoms with Gasteiger partial charge in [0.1, 0.15) is 12.1 Å². The summed E-state index contributed by atoms with van der Waals surface area (Å²) in [6.45, 7) is 5.97. The number of nitrogens with one attached hydrogen (secondary N) is 4. The maximum atomic E-state index is 12.9. The highest BCUT2D eigenvalue weighted by molar-refractivity contribution is 5.94. The molecule has 0 aromatic carbocycles. The lowest BCUT2D eigenvalue weighted by molar-refractivity contribution is -0.145. The van der Waals surface area contributed by atoms with Crippen molar-refractivity contribution in [2.75, 3.05) is 13.1 Å². The first kappa shape index (κ1) is 26.8. The molecule has 0 aromatic rings. The first-order valence-electron chi connectivity index (χ1n) is 10.8. The van der Waals surface area contributed by atoms with Gasteiger partial charge in [-0.3, -0.25) is 14.4 Å². The van der Waals surface area contributed by atoms with Crippen molar-refractivity contribution in [3.63, 3.8) is 0 Å². The number of aliphatic carboxylic acids is 1. The fraction of sp³-hybridized carbons (Fsp3) is 0.800. The summed E-state index contributed by atoms with van der Waals surface area (Å²) in [6.07, 6.45) is 1.65. The second-order valence-corrected chi connectivity index (χ2v) is 8.29. The number of unbranched alkanes of at least 4 members (excludes halogenated alkanes) is 1. The summed E-state index contributed by atoms with van der Waals surface area (Å²) in [5.41, 5.74) is 5.50. The van der Waals surface area contributed by atoms with Crippen LogP contribution in [0.15, 0.2) is 0 Å². The number of hydrogen-bond donors (Lipinski definition) is 7. The molecular formula is C20H37N5O6. The number of rotatable bonds is 13. The molecule has 5 unspecified atom stereocenters. The Morgan fingerprint density at radius 1 is 1.03 bits per heavy atom. The molecule has 0 saturated carbocycles. The van der Waals surface area contributed by atoms with E-state index in [1.54, 1.807) is 13.8 Å². The Hall–Kier alpha value is -2.24. The van der Waals surface area contributed by atoms with Crippen molar-refractivity contribution in [2.24, 2.45) is 11.7 Å². The fourth-order valence-electron chi connectivity index (χ4n) is 3.36. The lowest BCUT2D eigenvalue weighted by Gasteiger charge is -2.27. The number of nitrogens with two attached hydrogens (primary N) is 1. The van der Waals surface area contributed by atoms with Gasteiger partial charge in [0.2, 0.25) is 17.7 Å². The topological polar surface area (TPSA) is 183 Å². The number of amides is 3. The minimum atomic E-state index is -1.50. The van der Waals surface area contributed by atoms with Crippen LogP contribution < -0.4 is 27.0 Å². The normalized spacial score (nSPS) is 19.9. The van der Waals surface area contributed by atoms with E-state index in [9.17, 15) is 29.4 Å². The first-order chi connectivity index (χ1) is 14.6. The van der Waals surface area contributed by atoms with Crippen LogP contribution in [-0.4, -0.2) is 77.3 Å². The van der Waals surface area contributed by atoms with E-state index in [1.807, 2.05) is 0 Å². The molecular weight excluding hydrogens is 406 g/mol. The van der Waals surface area contributed by atoms with Crippen LogP contribution >= 0.6 is 0 Å². The molecule has 0 radical (unpaired) electrons. The molecule has 1 saturated heterocycles. The number of carboxylic acid groups (broad SMARTS) is 1. The molecule has 1 aliphatic heterocycles. The zero-order valence-electron chi connectivity index (χ0n) is 18.5.